The molecule has 1 aromatic carbocycles. The summed E-state index contributed by atoms with van der Waals surface area (Å²) < 4.78 is 5.38. The van der Waals surface area contributed by atoms with Crippen LogP contribution in [0.25, 0.3) is 11.1 Å². The van der Waals surface area contributed by atoms with E-state index in [1.807, 2.05) is 25.1 Å². The predicted octanol–water partition coefficient (Wildman–Crippen LogP) is 2.11. The molecule has 0 saturated heterocycles. The quantitative estimate of drug-likeness (QED) is 0.599. The summed E-state index contributed by atoms with van der Waals surface area (Å²) in [5.74, 6) is 1.38. The Kier molecular flexibility index (Phi) is 2.74. The zero-order valence-corrected chi connectivity index (χ0v) is 8.84. The fraction of sp³-hybridized carbons (Fsp3) is 0.300. The minimum Gasteiger partial charge on any atom is -0.441 e. The molecule has 0 atom stereocenters. The van der Waals surface area contributed by atoms with Gasteiger partial charge in [0.05, 0.1) is 0 Å². The van der Waals surface area contributed by atoms with Gasteiger partial charge in [-0.3, -0.25) is 0 Å². The van der Waals surface area contributed by atoms with E-state index >= 15 is 0 Å². The van der Waals surface area contributed by atoms with Crippen LogP contribution in [0.5, 0.6) is 0 Å². The minimum atomic E-state index is 0.676. The lowest BCUT2D eigenvalue weighted by atomic mass is 10.2. The molecule has 2 aromatic rings. The summed E-state index contributed by atoms with van der Waals surface area (Å²) in [6, 6.07) is 6.01. The molecule has 0 amide bonds. The Balaban J connectivity index is 2.31. The molecule has 14 heavy (non-hydrogen) atoms. The molecule has 0 aliphatic heterocycles. The second-order valence-electron chi connectivity index (χ2n) is 3.12. The van der Waals surface area contributed by atoms with Crippen molar-refractivity contribution >= 4 is 23.7 Å². The molecule has 0 saturated carbocycles. The lowest BCUT2D eigenvalue weighted by molar-refractivity contribution is 0.561. The zero-order chi connectivity index (χ0) is 9.97. The maximum absolute atomic E-state index is 5.38. The molecule has 0 fully saturated rings. The van der Waals surface area contributed by atoms with Gasteiger partial charge in [0.2, 0.25) is 0 Å². The molecule has 3 nitrogen and oxygen atoms in total. The van der Waals surface area contributed by atoms with Crippen molar-refractivity contribution in [3.63, 3.8) is 0 Å². The number of rotatable bonds is 3. The van der Waals surface area contributed by atoms with Crippen LogP contribution in [0.4, 0.5) is 0 Å². The Hall–Kier alpha value is -1.00. The van der Waals surface area contributed by atoms with E-state index in [0.717, 1.165) is 17.6 Å². The van der Waals surface area contributed by atoms with Gasteiger partial charge in [-0.25, -0.2) is 4.98 Å². The molecular formula is C10H12N2OS. The van der Waals surface area contributed by atoms with Gasteiger partial charge in [-0.15, -0.1) is 0 Å². The fourth-order valence-corrected chi connectivity index (χ4v) is 1.51. The van der Waals surface area contributed by atoms with Crippen molar-refractivity contribution in [1.82, 2.24) is 10.3 Å². The first-order valence-electron chi connectivity index (χ1n) is 4.47. The highest BCUT2D eigenvalue weighted by Gasteiger charge is 2.02. The number of nitrogens with one attached hydrogen (secondary N) is 1. The molecule has 1 N–H and O–H groups in total. The van der Waals surface area contributed by atoms with E-state index in [-0.39, 0.29) is 0 Å². The molecule has 0 radical (unpaired) electrons. The van der Waals surface area contributed by atoms with E-state index in [0.29, 0.717) is 11.8 Å². The molecule has 0 bridgehead atoms. The average molecular weight is 208 g/mol. The number of nitrogens with zero attached hydrogens (tertiary/aromatic N) is 1. The first kappa shape index (κ1) is 9.55. The maximum atomic E-state index is 5.38. The monoisotopic (exact) mass is 208 g/mol. The summed E-state index contributed by atoms with van der Waals surface area (Å²) in [4.78, 5) is 4.27. The van der Waals surface area contributed by atoms with Gasteiger partial charge in [-0.05, 0) is 17.7 Å². The first-order chi connectivity index (χ1) is 6.79. The third kappa shape index (κ3) is 1.91. The second kappa shape index (κ2) is 4.02. The Morgan fingerprint density at radius 3 is 3.14 bits per heavy atom. The molecule has 0 aliphatic rings. The van der Waals surface area contributed by atoms with Crippen molar-refractivity contribution in [2.75, 3.05) is 5.88 Å². The van der Waals surface area contributed by atoms with Gasteiger partial charge in [0.15, 0.2) is 11.5 Å². The predicted molar refractivity (Wildman–Crippen MR) is 59.4 cm³/mol. The van der Waals surface area contributed by atoms with Crippen LogP contribution >= 0.6 is 12.6 Å². The highest BCUT2D eigenvalue weighted by molar-refractivity contribution is 7.80. The van der Waals surface area contributed by atoms with E-state index in [2.05, 4.69) is 22.9 Å². The molecule has 2 rings (SSSR count). The summed E-state index contributed by atoms with van der Waals surface area (Å²) in [6.45, 7) is 2.66. The summed E-state index contributed by atoms with van der Waals surface area (Å²) in [6.07, 6.45) is 0. The minimum absolute atomic E-state index is 0.676. The number of oxazole rings is 1. The lowest BCUT2D eigenvalue weighted by Crippen LogP contribution is -2.09. The van der Waals surface area contributed by atoms with Gasteiger partial charge in [0.1, 0.15) is 5.52 Å². The van der Waals surface area contributed by atoms with Crippen molar-refractivity contribution in [3.05, 3.63) is 29.7 Å². The molecular weight excluding hydrogens is 196 g/mol. The standard InChI is InChI=1S/C10H12N2OS/c1-7-12-9-4-8(5-11-6-14)2-3-10(9)13-7/h2-4,11,14H,5-6H2,1H3. The number of thiol groups is 1. The Morgan fingerprint density at radius 2 is 2.36 bits per heavy atom. The van der Waals surface area contributed by atoms with E-state index in [4.69, 9.17) is 4.42 Å². The SMILES string of the molecule is Cc1nc2cc(CNCS)ccc2o1. The van der Waals surface area contributed by atoms with Gasteiger partial charge in [0, 0.05) is 19.3 Å². The fourth-order valence-electron chi connectivity index (χ4n) is 1.40. The topological polar surface area (TPSA) is 38.1 Å². The third-order valence-electron chi connectivity index (χ3n) is 2.00. The van der Waals surface area contributed by atoms with E-state index in [9.17, 15) is 0 Å². The largest absolute Gasteiger partial charge is 0.441 e. The summed E-state index contributed by atoms with van der Waals surface area (Å²) >= 11 is 4.08. The Morgan fingerprint density at radius 1 is 1.50 bits per heavy atom. The number of benzene rings is 1. The van der Waals surface area contributed by atoms with Gasteiger partial charge in [-0.2, -0.15) is 12.6 Å². The average Bonchev–Trinajstić information content (AvgIpc) is 2.54. The molecule has 0 unspecified atom stereocenters. The van der Waals surface area contributed by atoms with Crippen molar-refractivity contribution in [2.24, 2.45) is 0 Å². The normalized spacial score (nSPS) is 11.0. The number of fused-ring (bicyclic) bond motifs is 1. The van der Waals surface area contributed by atoms with Crippen LogP contribution in [0.3, 0.4) is 0 Å². The summed E-state index contributed by atoms with van der Waals surface area (Å²) in [5.41, 5.74) is 2.96. The second-order valence-corrected chi connectivity index (χ2v) is 3.44. The molecule has 0 aliphatic carbocycles. The van der Waals surface area contributed by atoms with Crippen LogP contribution in [0.1, 0.15) is 11.5 Å². The van der Waals surface area contributed by atoms with Crippen LogP contribution in [0.15, 0.2) is 22.6 Å². The number of hydrogen-bond acceptors (Lipinski definition) is 4. The Labute approximate surface area is 87.9 Å². The number of aromatic nitrogens is 1. The van der Waals surface area contributed by atoms with Crippen molar-refractivity contribution in [1.29, 1.82) is 0 Å². The first-order valence-corrected chi connectivity index (χ1v) is 5.10. The van der Waals surface area contributed by atoms with E-state index in [1.165, 1.54) is 5.56 Å². The third-order valence-corrected chi connectivity index (χ3v) is 2.22. The van der Waals surface area contributed by atoms with Crippen LogP contribution in [0, 0.1) is 6.92 Å². The summed E-state index contributed by atoms with van der Waals surface area (Å²) in [7, 11) is 0. The maximum Gasteiger partial charge on any atom is 0.192 e. The van der Waals surface area contributed by atoms with Crippen LogP contribution in [0.2, 0.25) is 0 Å². The van der Waals surface area contributed by atoms with Gasteiger partial charge in [-0.1, -0.05) is 6.07 Å². The van der Waals surface area contributed by atoms with E-state index in [1.54, 1.807) is 0 Å². The lowest BCUT2D eigenvalue weighted by Gasteiger charge is -1.99. The highest BCUT2D eigenvalue weighted by atomic mass is 32.1. The van der Waals surface area contributed by atoms with Crippen molar-refractivity contribution in [3.8, 4) is 0 Å². The van der Waals surface area contributed by atoms with Crippen molar-refractivity contribution in [2.45, 2.75) is 13.5 Å². The molecule has 74 valence electrons. The Bertz CT molecular complexity index is 439. The molecule has 1 aromatic heterocycles. The molecule has 4 heteroatoms. The molecule has 1 heterocycles. The van der Waals surface area contributed by atoms with Crippen molar-refractivity contribution < 1.29 is 4.42 Å². The smallest absolute Gasteiger partial charge is 0.192 e. The number of hydrogen-bond donors (Lipinski definition) is 2. The van der Waals surface area contributed by atoms with Crippen LogP contribution in [-0.2, 0) is 6.54 Å². The van der Waals surface area contributed by atoms with Crippen LogP contribution in [-0.4, -0.2) is 10.9 Å². The van der Waals surface area contributed by atoms with Gasteiger partial charge in [0.25, 0.3) is 0 Å². The molecule has 0 spiro atoms. The zero-order valence-electron chi connectivity index (χ0n) is 7.95. The van der Waals surface area contributed by atoms with Crippen LogP contribution < -0.4 is 5.32 Å². The van der Waals surface area contributed by atoms with Gasteiger partial charge < -0.3 is 9.73 Å². The van der Waals surface area contributed by atoms with E-state index < -0.39 is 0 Å². The number of aryl methyl sites for hydroxylation is 1. The van der Waals surface area contributed by atoms with Gasteiger partial charge >= 0.3 is 0 Å². The summed E-state index contributed by atoms with van der Waals surface area (Å²) in [5, 5.41) is 3.14. The highest BCUT2D eigenvalue weighted by Crippen LogP contribution is 2.16.